The number of aliphatic hydroxyl groups excluding tert-OH is 1. The summed E-state index contributed by atoms with van der Waals surface area (Å²) in [7, 11) is 0. The monoisotopic (exact) mass is 235 g/mol. The van der Waals surface area contributed by atoms with Gasteiger partial charge in [-0.25, -0.2) is 0 Å². The second-order valence-electron chi connectivity index (χ2n) is 3.34. The third-order valence-electron chi connectivity index (χ3n) is 2.39. The molecule has 2 rings (SSSR count). The molecule has 0 aliphatic rings. The third-order valence-corrected chi connectivity index (χ3v) is 2.72. The van der Waals surface area contributed by atoms with E-state index in [2.05, 4.69) is 4.98 Å². The van der Waals surface area contributed by atoms with Crippen LogP contribution in [0.15, 0.2) is 41.3 Å². The summed E-state index contributed by atoms with van der Waals surface area (Å²) in [6.07, 6.45) is 1.54. The SMILES string of the molecule is O=c1[nH]ccc(-c2ccccc2Cl)c1CO. The second-order valence-corrected chi connectivity index (χ2v) is 3.74. The highest BCUT2D eigenvalue weighted by atomic mass is 35.5. The number of halogens is 1. The zero-order valence-corrected chi connectivity index (χ0v) is 9.16. The van der Waals surface area contributed by atoms with Crippen LogP contribution >= 0.6 is 11.6 Å². The number of hydrogen-bond donors (Lipinski definition) is 2. The predicted octanol–water partition coefficient (Wildman–Crippen LogP) is 2.19. The summed E-state index contributed by atoms with van der Waals surface area (Å²) in [4.78, 5) is 14.0. The Morgan fingerprint density at radius 2 is 1.94 bits per heavy atom. The molecule has 0 radical (unpaired) electrons. The van der Waals surface area contributed by atoms with Gasteiger partial charge in [0.25, 0.3) is 5.56 Å². The Bertz CT molecular complexity index is 563. The highest BCUT2D eigenvalue weighted by Crippen LogP contribution is 2.28. The number of nitrogens with one attached hydrogen (secondary N) is 1. The Kier molecular flexibility index (Phi) is 3.08. The first-order valence-corrected chi connectivity index (χ1v) is 5.18. The molecule has 0 amide bonds. The molecule has 0 unspecified atom stereocenters. The fraction of sp³-hybridized carbons (Fsp3) is 0.0833. The lowest BCUT2D eigenvalue weighted by Crippen LogP contribution is -2.13. The number of hydrogen-bond acceptors (Lipinski definition) is 2. The second kappa shape index (κ2) is 4.51. The molecule has 1 heterocycles. The number of benzene rings is 1. The van der Waals surface area contributed by atoms with Crippen LogP contribution in [-0.4, -0.2) is 10.1 Å². The normalized spacial score (nSPS) is 10.4. The van der Waals surface area contributed by atoms with Crippen LogP contribution < -0.4 is 5.56 Å². The van der Waals surface area contributed by atoms with Gasteiger partial charge in [-0.15, -0.1) is 0 Å². The van der Waals surface area contributed by atoms with Gasteiger partial charge in [-0.3, -0.25) is 4.79 Å². The summed E-state index contributed by atoms with van der Waals surface area (Å²) in [6, 6.07) is 8.95. The number of rotatable bonds is 2. The van der Waals surface area contributed by atoms with Crippen molar-refractivity contribution in [1.82, 2.24) is 4.98 Å². The number of aromatic nitrogens is 1. The largest absolute Gasteiger partial charge is 0.391 e. The molecule has 0 saturated heterocycles. The molecular weight excluding hydrogens is 226 g/mol. The zero-order chi connectivity index (χ0) is 11.5. The fourth-order valence-corrected chi connectivity index (χ4v) is 1.84. The maximum absolute atomic E-state index is 11.5. The van der Waals surface area contributed by atoms with Crippen molar-refractivity contribution in [1.29, 1.82) is 0 Å². The lowest BCUT2D eigenvalue weighted by molar-refractivity contribution is 0.280. The molecule has 2 N–H and O–H groups in total. The Labute approximate surface area is 97.3 Å². The van der Waals surface area contributed by atoms with Crippen LogP contribution in [-0.2, 0) is 6.61 Å². The Morgan fingerprint density at radius 3 is 2.62 bits per heavy atom. The van der Waals surface area contributed by atoms with E-state index >= 15 is 0 Å². The smallest absolute Gasteiger partial charge is 0.254 e. The molecule has 0 atom stereocenters. The minimum Gasteiger partial charge on any atom is -0.391 e. The standard InChI is InChI=1S/C12H10ClNO2/c13-11-4-2-1-3-9(11)8-5-6-14-12(16)10(8)7-15/h1-6,15H,7H2,(H,14,16). The predicted molar refractivity (Wildman–Crippen MR) is 63.4 cm³/mol. The van der Waals surface area contributed by atoms with Gasteiger partial charge in [0.2, 0.25) is 0 Å². The first-order chi connectivity index (χ1) is 7.74. The van der Waals surface area contributed by atoms with Gasteiger partial charge in [-0.05, 0) is 17.7 Å². The van der Waals surface area contributed by atoms with E-state index in [1.807, 2.05) is 18.2 Å². The van der Waals surface area contributed by atoms with E-state index in [-0.39, 0.29) is 12.2 Å². The van der Waals surface area contributed by atoms with Crippen molar-refractivity contribution < 1.29 is 5.11 Å². The minimum atomic E-state index is -0.309. The molecule has 0 bridgehead atoms. The molecule has 2 aromatic rings. The number of H-pyrrole nitrogens is 1. The summed E-state index contributed by atoms with van der Waals surface area (Å²) in [5, 5.41) is 9.75. The van der Waals surface area contributed by atoms with Crippen LogP contribution in [0.4, 0.5) is 0 Å². The topological polar surface area (TPSA) is 53.1 Å². The van der Waals surface area contributed by atoms with Crippen molar-refractivity contribution >= 4 is 11.6 Å². The van der Waals surface area contributed by atoms with Crippen molar-refractivity contribution in [3.63, 3.8) is 0 Å². The van der Waals surface area contributed by atoms with Crippen LogP contribution in [0.3, 0.4) is 0 Å². The van der Waals surface area contributed by atoms with Crippen LogP contribution in [0.1, 0.15) is 5.56 Å². The quantitative estimate of drug-likeness (QED) is 0.838. The third kappa shape index (κ3) is 1.87. The van der Waals surface area contributed by atoms with Gasteiger partial charge in [0.15, 0.2) is 0 Å². The first kappa shape index (κ1) is 10.9. The van der Waals surface area contributed by atoms with Gasteiger partial charge in [0.1, 0.15) is 0 Å². The van der Waals surface area contributed by atoms with E-state index in [4.69, 9.17) is 11.6 Å². The van der Waals surface area contributed by atoms with Crippen molar-refractivity contribution in [2.24, 2.45) is 0 Å². The van der Waals surface area contributed by atoms with Crippen LogP contribution in [0.2, 0.25) is 5.02 Å². The molecule has 0 aliphatic heterocycles. The summed E-state index contributed by atoms with van der Waals surface area (Å²) in [5.74, 6) is 0. The van der Waals surface area contributed by atoms with E-state index in [1.54, 1.807) is 18.3 Å². The van der Waals surface area contributed by atoms with Crippen molar-refractivity contribution in [2.45, 2.75) is 6.61 Å². The zero-order valence-electron chi connectivity index (χ0n) is 8.40. The van der Waals surface area contributed by atoms with Gasteiger partial charge >= 0.3 is 0 Å². The van der Waals surface area contributed by atoms with E-state index in [0.29, 0.717) is 16.1 Å². The molecule has 82 valence electrons. The highest BCUT2D eigenvalue weighted by Gasteiger charge is 2.10. The molecule has 1 aromatic heterocycles. The molecule has 0 fully saturated rings. The van der Waals surface area contributed by atoms with E-state index in [9.17, 15) is 9.90 Å². The summed E-state index contributed by atoms with van der Waals surface area (Å²) < 4.78 is 0. The minimum absolute atomic E-state index is 0.292. The maximum atomic E-state index is 11.5. The lowest BCUT2D eigenvalue weighted by Gasteiger charge is -2.07. The molecule has 3 nitrogen and oxygen atoms in total. The van der Waals surface area contributed by atoms with Crippen LogP contribution in [0.5, 0.6) is 0 Å². The molecular formula is C12H10ClNO2. The number of pyridine rings is 1. The van der Waals surface area contributed by atoms with E-state index in [0.717, 1.165) is 5.56 Å². The van der Waals surface area contributed by atoms with Crippen molar-refractivity contribution in [2.75, 3.05) is 0 Å². The van der Waals surface area contributed by atoms with Crippen LogP contribution in [0, 0.1) is 0 Å². The van der Waals surface area contributed by atoms with Crippen molar-refractivity contribution in [3.8, 4) is 11.1 Å². The van der Waals surface area contributed by atoms with Crippen LogP contribution in [0.25, 0.3) is 11.1 Å². The Hall–Kier alpha value is -1.58. The van der Waals surface area contributed by atoms with Gasteiger partial charge in [-0.2, -0.15) is 0 Å². The van der Waals surface area contributed by atoms with Gasteiger partial charge < -0.3 is 10.1 Å². The average Bonchev–Trinajstić information content (AvgIpc) is 2.29. The number of aliphatic hydroxyl groups is 1. The summed E-state index contributed by atoms with van der Waals surface area (Å²) >= 11 is 6.05. The number of aromatic amines is 1. The molecule has 4 heteroatoms. The van der Waals surface area contributed by atoms with E-state index in [1.165, 1.54) is 0 Å². The van der Waals surface area contributed by atoms with Gasteiger partial charge in [0.05, 0.1) is 12.2 Å². The molecule has 0 aliphatic carbocycles. The van der Waals surface area contributed by atoms with Gasteiger partial charge in [0, 0.05) is 16.8 Å². The first-order valence-electron chi connectivity index (χ1n) is 4.80. The molecule has 16 heavy (non-hydrogen) atoms. The maximum Gasteiger partial charge on any atom is 0.254 e. The fourth-order valence-electron chi connectivity index (χ4n) is 1.60. The molecule has 0 spiro atoms. The Balaban J connectivity index is 2.70. The molecule has 0 saturated carbocycles. The average molecular weight is 236 g/mol. The van der Waals surface area contributed by atoms with E-state index < -0.39 is 0 Å². The summed E-state index contributed by atoms with van der Waals surface area (Å²) in [5.41, 5.74) is 1.45. The van der Waals surface area contributed by atoms with Crippen molar-refractivity contribution in [3.05, 3.63) is 57.5 Å². The van der Waals surface area contributed by atoms with Gasteiger partial charge in [-0.1, -0.05) is 29.8 Å². The summed E-state index contributed by atoms with van der Waals surface area (Å²) in [6.45, 7) is -0.309. The lowest BCUT2D eigenvalue weighted by atomic mass is 10.0. The molecule has 1 aromatic carbocycles. The highest BCUT2D eigenvalue weighted by molar-refractivity contribution is 6.33. The Morgan fingerprint density at radius 1 is 1.19 bits per heavy atom.